The van der Waals surface area contributed by atoms with E-state index in [1.54, 1.807) is 0 Å². The molecule has 1 aromatic carbocycles. The van der Waals surface area contributed by atoms with Gasteiger partial charge in [-0.1, -0.05) is 43.5 Å². The largest absolute Gasteiger partial charge is 0.385 e. The zero-order valence-corrected chi connectivity index (χ0v) is 10.6. The predicted octanol–water partition coefficient (Wildman–Crippen LogP) is 2.88. The van der Waals surface area contributed by atoms with E-state index in [4.69, 9.17) is 9.47 Å². The van der Waals surface area contributed by atoms with Crippen LogP contribution in [0, 0.1) is 0 Å². The molecule has 18 heavy (non-hydrogen) atoms. The van der Waals surface area contributed by atoms with Crippen LogP contribution in [0.15, 0.2) is 24.3 Å². The Balaban J connectivity index is 1.95. The SMILES string of the molecule is OC1(c2ccccc2C2COCO2)CCCCC1. The lowest BCUT2D eigenvalue weighted by Crippen LogP contribution is -2.30. The second-order valence-electron chi connectivity index (χ2n) is 5.32. The van der Waals surface area contributed by atoms with E-state index < -0.39 is 5.60 Å². The van der Waals surface area contributed by atoms with Crippen molar-refractivity contribution in [2.45, 2.75) is 43.8 Å². The number of aliphatic hydroxyl groups is 1. The van der Waals surface area contributed by atoms with Crippen LogP contribution in [-0.4, -0.2) is 18.5 Å². The van der Waals surface area contributed by atoms with Gasteiger partial charge in [-0.15, -0.1) is 0 Å². The lowest BCUT2D eigenvalue weighted by Gasteiger charge is -2.34. The minimum absolute atomic E-state index is 0.0212. The van der Waals surface area contributed by atoms with Crippen molar-refractivity contribution in [3.63, 3.8) is 0 Å². The minimum atomic E-state index is -0.666. The monoisotopic (exact) mass is 248 g/mol. The number of rotatable bonds is 2. The maximum Gasteiger partial charge on any atom is 0.147 e. The van der Waals surface area contributed by atoms with Gasteiger partial charge in [0.15, 0.2) is 0 Å². The first kappa shape index (κ1) is 12.2. The van der Waals surface area contributed by atoms with E-state index in [0.29, 0.717) is 13.4 Å². The maximum absolute atomic E-state index is 10.9. The Bertz CT molecular complexity index is 404. The van der Waals surface area contributed by atoms with Crippen molar-refractivity contribution in [2.75, 3.05) is 13.4 Å². The van der Waals surface area contributed by atoms with Gasteiger partial charge in [-0.05, 0) is 24.0 Å². The molecule has 1 unspecified atom stereocenters. The molecule has 0 radical (unpaired) electrons. The summed E-state index contributed by atoms with van der Waals surface area (Å²) in [5.74, 6) is 0. The molecule has 3 rings (SSSR count). The molecular formula is C15H20O3. The Hall–Kier alpha value is -0.900. The predicted molar refractivity (Wildman–Crippen MR) is 68.1 cm³/mol. The van der Waals surface area contributed by atoms with E-state index in [1.165, 1.54) is 6.42 Å². The summed E-state index contributed by atoms with van der Waals surface area (Å²) in [7, 11) is 0. The first-order valence-corrected chi connectivity index (χ1v) is 6.81. The first-order chi connectivity index (χ1) is 8.80. The van der Waals surface area contributed by atoms with E-state index in [2.05, 4.69) is 6.07 Å². The zero-order chi connectivity index (χ0) is 12.4. The second kappa shape index (κ2) is 5.00. The summed E-state index contributed by atoms with van der Waals surface area (Å²) >= 11 is 0. The fourth-order valence-corrected chi connectivity index (χ4v) is 3.12. The van der Waals surface area contributed by atoms with Gasteiger partial charge in [0.1, 0.15) is 12.9 Å². The summed E-state index contributed by atoms with van der Waals surface area (Å²) in [6, 6.07) is 8.11. The fraction of sp³-hybridized carbons (Fsp3) is 0.600. The third-order valence-corrected chi connectivity index (χ3v) is 4.11. The Morgan fingerprint density at radius 3 is 2.61 bits per heavy atom. The molecule has 0 amide bonds. The van der Waals surface area contributed by atoms with Crippen molar-refractivity contribution in [3.8, 4) is 0 Å². The second-order valence-corrected chi connectivity index (χ2v) is 5.32. The van der Waals surface area contributed by atoms with Crippen molar-refractivity contribution in [3.05, 3.63) is 35.4 Å². The topological polar surface area (TPSA) is 38.7 Å². The van der Waals surface area contributed by atoms with E-state index in [1.807, 2.05) is 18.2 Å². The maximum atomic E-state index is 10.9. The van der Waals surface area contributed by atoms with Gasteiger partial charge in [0.25, 0.3) is 0 Å². The Labute approximate surface area is 108 Å². The van der Waals surface area contributed by atoms with Gasteiger partial charge >= 0.3 is 0 Å². The van der Waals surface area contributed by atoms with E-state index in [9.17, 15) is 5.11 Å². The molecule has 1 heterocycles. The number of benzene rings is 1. The highest BCUT2D eigenvalue weighted by Crippen LogP contribution is 2.41. The third kappa shape index (κ3) is 2.18. The molecule has 1 aliphatic heterocycles. The molecule has 1 saturated heterocycles. The minimum Gasteiger partial charge on any atom is -0.385 e. The van der Waals surface area contributed by atoms with E-state index in [0.717, 1.165) is 36.8 Å². The lowest BCUT2D eigenvalue weighted by molar-refractivity contribution is -0.00482. The van der Waals surface area contributed by atoms with Crippen LogP contribution in [0.5, 0.6) is 0 Å². The quantitative estimate of drug-likeness (QED) is 0.874. The van der Waals surface area contributed by atoms with Crippen molar-refractivity contribution in [2.24, 2.45) is 0 Å². The molecule has 1 aromatic rings. The molecule has 3 heteroatoms. The van der Waals surface area contributed by atoms with Crippen LogP contribution in [0.25, 0.3) is 0 Å². The Morgan fingerprint density at radius 2 is 1.89 bits per heavy atom. The van der Waals surface area contributed by atoms with Gasteiger partial charge in [-0.2, -0.15) is 0 Å². The zero-order valence-electron chi connectivity index (χ0n) is 10.6. The van der Waals surface area contributed by atoms with Crippen LogP contribution < -0.4 is 0 Å². The average molecular weight is 248 g/mol. The number of ether oxygens (including phenoxy) is 2. The molecule has 3 nitrogen and oxygen atoms in total. The van der Waals surface area contributed by atoms with Crippen molar-refractivity contribution in [1.82, 2.24) is 0 Å². The summed E-state index contributed by atoms with van der Waals surface area (Å²) in [6.07, 6.45) is 5.13. The van der Waals surface area contributed by atoms with Crippen LogP contribution in [0.3, 0.4) is 0 Å². The van der Waals surface area contributed by atoms with Crippen LogP contribution in [0.1, 0.15) is 49.3 Å². The molecule has 2 aliphatic rings. The molecule has 0 spiro atoms. The highest BCUT2D eigenvalue weighted by molar-refractivity contribution is 5.35. The molecule has 98 valence electrons. The Kier molecular flexibility index (Phi) is 3.37. The Morgan fingerprint density at radius 1 is 1.11 bits per heavy atom. The highest BCUT2D eigenvalue weighted by atomic mass is 16.7. The van der Waals surface area contributed by atoms with Crippen molar-refractivity contribution >= 4 is 0 Å². The third-order valence-electron chi connectivity index (χ3n) is 4.11. The average Bonchev–Trinajstić information content (AvgIpc) is 2.93. The number of hydrogen-bond acceptors (Lipinski definition) is 3. The smallest absolute Gasteiger partial charge is 0.147 e. The molecule has 0 bridgehead atoms. The molecule has 1 aliphatic carbocycles. The molecular weight excluding hydrogens is 228 g/mol. The van der Waals surface area contributed by atoms with Crippen molar-refractivity contribution < 1.29 is 14.6 Å². The van der Waals surface area contributed by atoms with Gasteiger partial charge < -0.3 is 14.6 Å². The summed E-state index contributed by atoms with van der Waals surface area (Å²) in [4.78, 5) is 0. The van der Waals surface area contributed by atoms with E-state index >= 15 is 0 Å². The van der Waals surface area contributed by atoms with Crippen molar-refractivity contribution in [1.29, 1.82) is 0 Å². The standard InChI is InChI=1S/C15H20O3/c16-15(8-4-1-5-9-15)13-7-3-2-6-12(13)14-10-17-11-18-14/h2-3,6-7,14,16H,1,4-5,8-11H2. The molecule has 1 saturated carbocycles. The molecule has 1 atom stereocenters. The van der Waals surface area contributed by atoms with Gasteiger partial charge in [0, 0.05) is 0 Å². The first-order valence-electron chi connectivity index (χ1n) is 6.81. The van der Waals surface area contributed by atoms with Gasteiger partial charge in [0.05, 0.1) is 12.2 Å². The van der Waals surface area contributed by atoms with Crippen LogP contribution >= 0.6 is 0 Å². The molecule has 2 fully saturated rings. The van der Waals surface area contributed by atoms with Gasteiger partial charge in [0.2, 0.25) is 0 Å². The summed E-state index contributed by atoms with van der Waals surface area (Å²) < 4.78 is 10.9. The fourth-order valence-electron chi connectivity index (χ4n) is 3.12. The summed E-state index contributed by atoms with van der Waals surface area (Å²) in [5, 5.41) is 10.9. The normalized spacial score (nSPS) is 27.3. The van der Waals surface area contributed by atoms with E-state index in [-0.39, 0.29) is 6.10 Å². The van der Waals surface area contributed by atoms with Crippen LogP contribution in [0.2, 0.25) is 0 Å². The summed E-state index contributed by atoms with van der Waals surface area (Å²) in [6.45, 7) is 0.949. The van der Waals surface area contributed by atoms with Crippen LogP contribution in [0.4, 0.5) is 0 Å². The van der Waals surface area contributed by atoms with Gasteiger partial charge in [-0.3, -0.25) is 0 Å². The highest BCUT2D eigenvalue weighted by Gasteiger charge is 2.35. The van der Waals surface area contributed by atoms with Gasteiger partial charge in [-0.25, -0.2) is 0 Å². The molecule has 1 N–H and O–H groups in total. The van der Waals surface area contributed by atoms with Crippen LogP contribution in [-0.2, 0) is 15.1 Å². The molecule has 0 aromatic heterocycles. The summed E-state index contributed by atoms with van der Waals surface area (Å²) in [5.41, 5.74) is 1.47. The number of hydrogen-bond donors (Lipinski definition) is 1. The lowest BCUT2D eigenvalue weighted by atomic mass is 9.77.